The van der Waals surface area contributed by atoms with Crippen molar-refractivity contribution in [2.45, 2.75) is 22.1 Å². The first-order chi connectivity index (χ1) is 5.79. The first kappa shape index (κ1) is 10.5. The van der Waals surface area contributed by atoms with E-state index >= 15 is 0 Å². The summed E-state index contributed by atoms with van der Waals surface area (Å²) in [5.74, 6) is 0. The molecule has 0 bridgehead atoms. The van der Waals surface area contributed by atoms with Crippen LogP contribution in [0.2, 0.25) is 0 Å². The lowest BCUT2D eigenvalue weighted by atomic mass is 10.1. The molecule has 0 nitrogen and oxygen atoms in total. The molecular formula is C10H12BrI. The zero-order valence-electron chi connectivity index (χ0n) is 6.84. The van der Waals surface area contributed by atoms with E-state index in [1.165, 1.54) is 24.8 Å². The van der Waals surface area contributed by atoms with Crippen molar-refractivity contribution in [2.24, 2.45) is 0 Å². The summed E-state index contributed by atoms with van der Waals surface area (Å²) in [6.07, 6.45) is 3.71. The fourth-order valence-corrected chi connectivity index (χ4v) is 1.87. The maximum Gasteiger partial charge on any atom is 0.0662 e. The van der Waals surface area contributed by atoms with Gasteiger partial charge in [0.05, 0.1) is 2.83 Å². The summed E-state index contributed by atoms with van der Waals surface area (Å²) in [6, 6.07) is 10.7. The van der Waals surface area contributed by atoms with Crippen LogP contribution in [0.25, 0.3) is 0 Å². The van der Waals surface area contributed by atoms with Crippen LogP contribution in [0.4, 0.5) is 0 Å². The number of halogens is 2. The van der Waals surface area contributed by atoms with Crippen LogP contribution in [0.15, 0.2) is 30.3 Å². The van der Waals surface area contributed by atoms with Gasteiger partial charge >= 0.3 is 0 Å². The summed E-state index contributed by atoms with van der Waals surface area (Å²) < 4.78 is 0.624. The highest BCUT2D eigenvalue weighted by Crippen LogP contribution is 2.16. The van der Waals surface area contributed by atoms with Crippen LogP contribution in [-0.2, 0) is 6.42 Å². The highest BCUT2D eigenvalue weighted by atomic mass is 127. The normalized spacial score (nSPS) is 12.8. The summed E-state index contributed by atoms with van der Waals surface area (Å²) in [5.41, 5.74) is 1.45. The van der Waals surface area contributed by atoms with E-state index in [1.807, 2.05) is 0 Å². The minimum atomic E-state index is 0.624. The van der Waals surface area contributed by atoms with E-state index in [0.717, 1.165) is 0 Å². The SMILES string of the molecule is BrC(I)CCCc1ccccc1. The molecule has 12 heavy (non-hydrogen) atoms. The Morgan fingerprint density at radius 3 is 2.50 bits per heavy atom. The first-order valence-electron chi connectivity index (χ1n) is 4.11. The molecule has 0 radical (unpaired) electrons. The summed E-state index contributed by atoms with van der Waals surface area (Å²) >= 11 is 5.94. The smallest absolute Gasteiger partial charge is 0.0662 e. The fraction of sp³-hybridized carbons (Fsp3) is 0.400. The fourth-order valence-electron chi connectivity index (χ4n) is 1.11. The third-order valence-electron chi connectivity index (χ3n) is 1.73. The second-order valence-electron chi connectivity index (χ2n) is 2.77. The molecule has 0 fully saturated rings. The second kappa shape index (κ2) is 5.97. The van der Waals surface area contributed by atoms with Crippen LogP contribution in [0.5, 0.6) is 0 Å². The van der Waals surface area contributed by atoms with Gasteiger partial charge < -0.3 is 0 Å². The largest absolute Gasteiger partial charge is 0.0775 e. The van der Waals surface area contributed by atoms with Gasteiger partial charge in [0.15, 0.2) is 0 Å². The molecule has 0 N–H and O–H groups in total. The average molecular weight is 339 g/mol. The van der Waals surface area contributed by atoms with Gasteiger partial charge in [0.1, 0.15) is 0 Å². The van der Waals surface area contributed by atoms with Gasteiger partial charge in [0.25, 0.3) is 0 Å². The highest BCUT2D eigenvalue weighted by molar-refractivity contribution is 14.1. The molecule has 1 rings (SSSR count). The molecule has 1 aromatic rings. The first-order valence-corrected chi connectivity index (χ1v) is 6.27. The monoisotopic (exact) mass is 338 g/mol. The van der Waals surface area contributed by atoms with Crippen LogP contribution in [0, 0.1) is 0 Å². The lowest BCUT2D eigenvalue weighted by molar-refractivity contribution is 0.798. The van der Waals surface area contributed by atoms with E-state index in [1.54, 1.807) is 0 Å². The van der Waals surface area contributed by atoms with Crippen molar-refractivity contribution < 1.29 is 0 Å². The molecule has 1 unspecified atom stereocenters. The Hall–Kier alpha value is 0.430. The van der Waals surface area contributed by atoms with Crippen LogP contribution in [0.3, 0.4) is 0 Å². The molecule has 1 aromatic carbocycles. The molecule has 2 heteroatoms. The highest BCUT2D eigenvalue weighted by Gasteiger charge is 1.97. The average Bonchev–Trinajstić information content (AvgIpc) is 2.05. The van der Waals surface area contributed by atoms with E-state index in [-0.39, 0.29) is 0 Å². The molecule has 0 saturated carbocycles. The Kier molecular flexibility index (Phi) is 5.23. The summed E-state index contributed by atoms with van der Waals surface area (Å²) in [5, 5.41) is 0. The van der Waals surface area contributed by atoms with Gasteiger partial charge in [-0.15, -0.1) is 0 Å². The van der Waals surface area contributed by atoms with Crippen molar-refractivity contribution in [1.29, 1.82) is 0 Å². The molecule has 66 valence electrons. The van der Waals surface area contributed by atoms with Gasteiger partial charge in [0, 0.05) is 0 Å². The number of aryl methyl sites for hydroxylation is 1. The summed E-state index contributed by atoms with van der Waals surface area (Å²) in [4.78, 5) is 0. The standard InChI is InChI=1S/C10H12BrI/c11-10(12)8-4-7-9-5-2-1-3-6-9/h1-3,5-6,10H,4,7-8H2. The molecular weight excluding hydrogens is 327 g/mol. The lowest BCUT2D eigenvalue weighted by Gasteiger charge is -2.01. The molecule has 0 spiro atoms. The minimum absolute atomic E-state index is 0.624. The van der Waals surface area contributed by atoms with Crippen molar-refractivity contribution in [3.63, 3.8) is 0 Å². The van der Waals surface area contributed by atoms with Crippen molar-refractivity contribution in [3.05, 3.63) is 35.9 Å². The molecule has 0 amide bonds. The van der Waals surface area contributed by atoms with E-state index in [0.29, 0.717) is 2.83 Å². The van der Waals surface area contributed by atoms with E-state index < -0.39 is 0 Å². The predicted octanol–water partition coefficient (Wildman–Crippen LogP) is 4.17. The van der Waals surface area contributed by atoms with Gasteiger partial charge in [-0.2, -0.15) is 0 Å². The molecule has 0 aliphatic heterocycles. The number of benzene rings is 1. The number of alkyl halides is 2. The van der Waals surface area contributed by atoms with Gasteiger partial charge in [-0.25, -0.2) is 0 Å². The van der Waals surface area contributed by atoms with Crippen molar-refractivity contribution in [3.8, 4) is 0 Å². The second-order valence-corrected chi connectivity index (χ2v) is 7.09. The van der Waals surface area contributed by atoms with Gasteiger partial charge in [-0.1, -0.05) is 68.9 Å². The Bertz CT molecular complexity index is 208. The summed E-state index contributed by atoms with van der Waals surface area (Å²) in [6.45, 7) is 0. The number of hydrogen-bond acceptors (Lipinski definition) is 0. The van der Waals surface area contributed by atoms with Crippen LogP contribution >= 0.6 is 38.5 Å². The van der Waals surface area contributed by atoms with Crippen LogP contribution in [-0.4, -0.2) is 2.83 Å². The van der Waals surface area contributed by atoms with E-state index in [9.17, 15) is 0 Å². The maximum absolute atomic E-state index is 3.53. The molecule has 0 heterocycles. The quantitative estimate of drug-likeness (QED) is 0.571. The van der Waals surface area contributed by atoms with Gasteiger partial charge in [-0.05, 0) is 24.8 Å². The Morgan fingerprint density at radius 2 is 1.92 bits per heavy atom. The summed E-state index contributed by atoms with van der Waals surface area (Å²) in [7, 11) is 0. The van der Waals surface area contributed by atoms with E-state index in [4.69, 9.17) is 0 Å². The third-order valence-corrected chi connectivity index (χ3v) is 2.81. The molecule has 0 aliphatic rings. The zero-order chi connectivity index (χ0) is 8.81. The molecule has 0 aromatic heterocycles. The van der Waals surface area contributed by atoms with Crippen LogP contribution < -0.4 is 0 Å². The number of hydrogen-bond donors (Lipinski definition) is 0. The van der Waals surface area contributed by atoms with E-state index in [2.05, 4.69) is 68.9 Å². The number of rotatable bonds is 4. The van der Waals surface area contributed by atoms with Crippen molar-refractivity contribution in [2.75, 3.05) is 0 Å². The third kappa shape index (κ3) is 4.45. The lowest BCUT2D eigenvalue weighted by Crippen LogP contribution is -1.89. The molecule has 0 aliphatic carbocycles. The minimum Gasteiger partial charge on any atom is -0.0775 e. The van der Waals surface area contributed by atoms with Gasteiger partial charge in [0.2, 0.25) is 0 Å². The molecule has 1 atom stereocenters. The van der Waals surface area contributed by atoms with Crippen molar-refractivity contribution in [1.82, 2.24) is 0 Å². The predicted molar refractivity (Wildman–Crippen MR) is 66.1 cm³/mol. The van der Waals surface area contributed by atoms with Crippen LogP contribution in [0.1, 0.15) is 18.4 Å². The Labute approximate surface area is 96.0 Å². The van der Waals surface area contributed by atoms with Gasteiger partial charge in [-0.3, -0.25) is 0 Å². The van der Waals surface area contributed by atoms with Crippen molar-refractivity contribution >= 4 is 38.5 Å². The zero-order valence-corrected chi connectivity index (χ0v) is 10.6. The Balaban J connectivity index is 2.25. The maximum atomic E-state index is 3.53. The topological polar surface area (TPSA) is 0 Å². The Morgan fingerprint density at radius 1 is 1.25 bits per heavy atom. The molecule has 0 saturated heterocycles.